The normalized spacial score (nSPS) is 14.7. The molecule has 1 aliphatic carbocycles. The third-order valence-corrected chi connectivity index (χ3v) is 11.5. The fourth-order valence-electron chi connectivity index (χ4n) is 8.57. The minimum absolute atomic E-state index is 0.423. The summed E-state index contributed by atoms with van der Waals surface area (Å²) in [7, 11) is 0. The van der Waals surface area contributed by atoms with Gasteiger partial charge in [-0.2, -0.15) is 0 Å². The largest absolute Gasteiger partial charge is 0.455 e. The fourth-order valence-corrected chi connectivity index (χ4v) is 8.57. The Labute approximate surface area is 337 Å². The molecule has 7 aromatic carbocycles. The molecule has 5 heteroatoms. The molecule has 2 aromatic heterocycles. The van der Waals surface area contributed by atoms with Gasteiger partial charge in [0, 0.05) is 44.6 Å². The number of aromatic nitrogens is 3. The molecule has 1 aliphatic heterocycles. The van der Waals surface area contributed by atoms with Gasteiger partial charge in [-0.15, -0.1) is 0 Å². The van der Waals surface area contributed by atoms with Gasteiger partial charge in [-0.3, -0.25) is 0 Å². The molecular weight excluding hydrogens is 709 g/mol. The maximum absolute atomic E-state index is 6.50. The van der Waals surface area contributed by atoms with Crippen LogP contribution in [0.3, 0.4) is 0 Å². The predicted molar refractivity (Wildman–Crippen MR) is 238 cm³/mol. The number of hydrogen-bond acceptors (Lipinski definition) is 5. The molecular formula is C53H38N4O. The van der Waals surface area contributed by atoms with Crippen LogP contribution in [-0.4, -0.2) is 15.0 Å². The highest BCUT2D eigenvalue weighted by Gasteiger charge is 2.24. The first-order chi connectivity index (χ1) is 28.7. The van der Waals surface area contributed by atoms with Crippen molar-refractivity contribution in [2.75, 3.05) is 4.90 Å². The number of para-hydroxylation sites is 2. The summed E-state index contributed by atoms with van der Waals surface area (Å²) in [5.41, 5.74) is 13.6. The lowest BCUT2D eigenvalue weighted by Gasteiger charge is -2.28. The van der Waals surface area contributed by atoms with Gasteiger partial charge in [0.05, 0.1) is 11.4 Å². The monoisotopic (exact) mass is 746 g/mol. The van der Waals surface area contributed by atoms with Crippen molar-refractivity contribution in [1.82, 2.24) is 15.0 Å². The second-order valence-electron chi connectivity index (χ2n) is 15.1. The van der Waals surface area contributed by atoms with E-state index in [1.807, 2.05) is 72.8 Å². The van der Waals surface area contributed by atoms with Crippen LogP contribution < -0.4 is 4.90 Å². The Kier molecular flexibility index (Phi) is 8.36. The number of rotatable bonds is 6. The Bertz CT molecular complexity index is 3000. The first-order valence-electron chi connectivity index (χ1n) is 20.0. The Morgan fingerprint density at radius 3 is 1.90 bits per heavy atom. The van der Waals surface area contributed by atoms with E-state index < -0.39 is 0 Å². The van der Waals surface area contributed by atoms with Gasteiger partial charge in [-0.25, -0.2) is 15.0 Å². The van der Waals surface area contributed by atoms with Crippen LogP contribution in [0.4, 0.5) is 17.1 Å². The lowest BCUT2D eigenvalue weighted by Crippen LogP contribution is -2.12. The van der Waals surface area contributed by atoms with Crippen LogP contribution >= 0.6 is 0 Å². The van der Waals surface area contributed by atoms with Crippen LogP contribution in [0, 0.1) is 0 Å². The standard InChI is InChI=1S/C53H38N4O/c1-4-14-35(15-5-1)38-28-30-47-40(32-38)26-27-41-33-39(44-23-13-24-46-45-22-10-11-25-49(45)58-50(44)46)29-31-48(41)57(47)43-21-12-20-42(34-43)53-55-51(36-16-6-2-7-17-36)54-52(56-53)37-18-8-3-9-19-37/h2-4,6-14,16-35H,1,5,15H2. The molecule has 0 fully saturated rings. The van der Waals surface area contributed by atoms with Crippen LogP contribution in [0.1, 0.15) is 41.9 Å². The lowest BCUT2D eigenvalue weighted by molar-refractivity contribution is 0.654. The van der Waals surface area contributed by atoms with Crippen LogP contribution in [0.15, 0.2) is 180 Å². The minimum atomic E-state index is 0.423. The maximum Gasteiger partial charge on any atom is 0.164 e. The summed E-state index contributed by atoms with van der Waals surface area (Å²) in [6, 6.07) is 57.3. The highest BCUT2D eigenvalue weighted by molar-refractivity contribution is 6.10. The van der Waals surface area contributed by atoms with Gasteiger partial charge in [-0.05, 0) is 84.0 Å². The van der Waals surface area contributed by atoms with E-state index in [1.165, 1.54) is 24.0 Å². The molecule has 2 aliphatic rings. The minimum Gasteiger partial charge on any atom is -0.455 e. The number of allylic oxidation sites excluding steroid dienone is 2. The molecule has 0 radical (unpaired) electrons. The van der Waals surface area contributed by atoms with Crippen molar-refractivity contribution >= 4 is 51.2 Å². The quantitative estimate of drug-likeness (QED) is 0.159. The number of nitrogens with zero attached hydrogens (tertiary/aromatic N) is 4. The number of hydrogen-bond donors (Lipinski definition) is 0. The zero-order chi connectivity index (χ0) is 38.4. The van der Waals surface area contributed by atoms with Gasteiger partial charge in [0.15, 0.2) is 17.5 Å². The van der Waals surface area contributed by atoms with E-state index in [1.54, 1.807) is 0 Å². The molecule has 58 heavy (non-hydrogen) atoms. The summed E-state index contributed by atoms with van der Waals surface area (Å²) in [6.07, 6.45) is 12.8. The van der Waals surface area contributed by atoms with Crippen LogP contribution in [0.2, 0.25) is 0 Å². The van der Waals surface area contributed by atoms with Crippen LogP contribution in [0.25, 0.3) is 79.4 Å². The number of benzene rings is 7. The third-order valence-electron chi connectivity index (χ3n) is 11.5. The van der Waals surface area contributed by atoms with Gasteiger partial charge in [0.25, 0.3) is 0 Å². The Hall–Kier alpha value is -7.37. The second kappa shape index (κ2) is 14.3. The molecule has 0 saturated carbocycles. The molecule has 0 amide bonds. The molecule has 0 bridgehead atoms. The van der Waals surface area contributed by atoms with Gasteiger partial charge >= 0.3 is 0 Å². The molecule has 1 unspecified atom stereocenters. The molecule has 5 nitrogen and oxygen atoms in total. The summed E-state index contributed by atoms with van der Waals surface area (Å²) < 4.78 is 6.50. The summed E-state index contributed by atoms with van der Waals surface area (Å²) in [6.45, 7) is 0. The van der Waals surface area contributed by atoms with E-state index in [-0.39, 0.29) is 0 Å². The fraction of sp³-hybridized carbons (Fsp3) is 0.0755. The third kappa shape index (κ3) is 6.09. The second-order valence-corrected chi connectivity index (χ2v) is 15.1. The molecule has 1 atom stereocenters. The molecule has 11 rings (SSSR count). The average molecular weight is 747 g/mol. The van der Waals surface area contributed by atoms with Crippen molar-refractivity contribution < 1.29 is 4.42 Å². The Morgan fingerprint density at radius 2 is 1.16 bits per heavy atom. The first-order valence-corrected chi connectivity index (χ1v) is 20.0. The Balaban J connectivity index is 1.07. The van der Waals surface area contributed by atoms with E-state index in [0.29, 0.717) is 23.4 Å². The highest BCUT2D eigenvalue weighted by Crippen LogP contribution is 2.46. The number of anilines is 3. The van der Waals surface area contributed by atoms with E-state index in [9.17, 15) is 0 Å². The smallest absolute Gasteiger partial charge is 0.164 e. The molecule has 0 N–H and O–H groups in total. The van der Waals surface area contributed by atoms with E-state index in [0.717, 1.165) is 78.8 Å². The van der Waals surface area contributed by atoms with Crippen molar-refractivity contribution in [3.8, 4) is 45.3 Å². The van der Waals surface area contributed by atoms with E-state index >= 15 is 0 Å². The van der Waals surface area contributed by atoms with Crippen molar-refractivity contribution in [3.05, 3.63) is 193 Å². The van der Waals surface area contributed by atoms with E-state index in [4.69, 9.17) is 19.4 Å². The first kappa shape index (κ1) is 33.9. The predicted octanol–water partition coefficient (Wildman–Crippen LogP) is 14.2. The SMILES string of the molecule is C1=CC(c2ccc3c(c2)C=Cc2cc(-c4cccc5c4oc4ccccc45)ccc2N3c2cccc(-c3nc(-c4ccccc4)nc(-c4ccccc4)n3)c2)CCC1. The molecule has 0 spiro atoms. The van der Waals surface area contributed by atoms with Crippen molar-refractivity contribution in [1.29, 1.82) is 0 Å². The average Bonchev–Trinajstić information content (AvgIpc) is 3.60. The molecule has 3 heterocycles. The van der Waals surface area contributed by atoms with Crippen LogP contribution in [0.5, 0.6) is 0 Å². The summed E-state index contributed by atoms with van der Waals surface area (Å²) >= 11 is 0. The highest BCUT2D eigenvalue weighted by atomic mass is 16.3. The van der Waals surface area contributed by atoms with Gasteiger partial charge in [0.1, 0.15) is 11.2 Å². The van der Waals surface area contributed by atoms with E-state index in [2.05, 4.69) is 120 Å². The summed E-state index contributed by atoms with van der Waals surface area (Å²) in [5.74, 6) is 2.32. The van der Waals surface area contributed by atoms with Gasteiger partial charge < -0.3 is 9.32 Å². The van der Waals surface area contributed by atoms with Crippen molar-refractivity contribution in [3.63, 3.8) is 0 Å². The number of fused-ring (bicyclic) bond motifs is 5. The lowest BCUT2D eigenvalue weighted by atomic mass is 9.88. The topological polar surface area (TPSA) is 55.1 Å². The summed E-state index contributed by atoms with van der Waals surface area (Å²) in [5, 5.41) is 2.25. The van der Waals surface area contributed by atoms with Crippen LogP contribution in [-0.2, 0) is 0 Å². The maximum atomic E-state index is 6.50. The molecule has 276 valence electrons. The Morgan fingerprint density at radius 1 is 0.517 bits per heavy atom. The molecule has 0 saturated heterocycles. The van der Waals surface area contributed by atoms with Gasteiger partial charge in [-0.1, -0.05) is 146 Å². The zero-order valence-electron chi connectivity index (χ0n) is 31.8. The van der Waals surface area contributed by atoms with Crippen molar-refractivity contribution in [2.24, 2.45) is 0 Å². The summed E-state index contributed by atoms with van der Waals surface area (Å²) in [4.78, 5) is 17.5. The van der Waals surface area contributed by atoms with Gasteiger partial charge in [0.2, 0.25) is 0 Å². The van der Waals surface area contributed by atoms with Crippen molar-refractivity contribution in [2.45, 2.75) is 25.2 Å². The number of furan rings is 1. The zero-order valence-corrected chi connectivity index (χ0v) is 31.8. The molecule has 9 aromatic rings.